The van der Waals surface area contributed by atoms with E-state index in [4.69, 9.17) is 23.2 Å². The Bertz CT molecular complexity index is 431. The molecule has 3 nitrogen and oxygen atoms in total. The lowest BCUT2D eigenvalue weighted by atomic mass is 10.0. The molecule has 1 aromatic carbocycles. The fourth-order valence-electron chi connectivity index (χ4n) is 1.97. The molecule has 114 valence electrons. The largest absolute Gasteiger partial charge is 0.349 e. The van der Waals surface area contributed by atoms with Crippen LogP contribution >= 0.6 is 47.2 Å². The van der Waals surface area contributed by atoms with E-state index in [-0.39, 0.29) is 29.9 Å². The number of nitrogens with zero attached hydrogens (tertiary/aromatic N) is 3. The topological polar surface area (TPSA) is 18.8 Å². The van der Waals surface area contributed by atoms with E-state index in [1.165, 1.54) is 0 Å². The van der Waals surface area contributed by atoms with Crippen molar-refractivity contribution in [3.63, 3.8) is 0 Å². The Balaban J connectivity index is 0.00000361. The van der Waals surface area contributed by atoms with E-state index in [0.29, 0.717) is 16.6 Å². The van der Waals surface area contributed by atoms with Gasteiger partial charge in [0.05, 0.1) is 0 Å². The Morgan fingerprint density at radius 1 is 1.10 bits per heavy atom. The predicted molar refractivity (Wildman–Crippen MR) is 100.0 cm³/mol. The molecule has 6 heteroatoms. The number of halogens is 3. The summed E-state index contributed by atoms with van der Waals surface area (Å²) in [4.78, 5) is 8.61. The molecule has 1 unspecified atom stereocenters. The van der Waals surface area contributed by atoms with Crippen LogP contribution in [0.1, 0.15) is 18.4 Å². The van der Waals surface area contributed by atoms with Crippen molar-refractivity contribution in [1.29, 1.82) is 0 Å². The highest BCUT2D eigenvalue weighted by Gasteiger charge is 2.14. The van der Waals surface area contributed by atoms with Crippen molar-refractivity contribution in [1.82, 2.24) is 9.80 Å². The summed E-state index contributed by atoms with van der Waals surface area (Å²) in [6.07, 6.45) is 0. The van der Waals surface area contributed by atoms with Crippen LogP contribution in [-0.4, -0.2) is 50.5 Å². The van der Waals surface area contributed by atoms with Crippen molar-refractivity contribution in [2.24, 2.45) is 4.99 Å². The maximum atomic E-state index is 6.21. The van der Waals surface area contributed by atoms with Crippen molar-refractivity contribution in [2.75, 3.05) is 34.7 Å². The van der Waals surface area contributed by atoms with Crippen molar-refractivity contribution in [3.05, 3.63) is 33.8 Å². The van der Waals surface area contributed by atoms with E-state index in [0.717, 1.165) is 11.5 Å². The Morgan fingerprint density at radius 2 is 1.55 bits per heavy atom. The monoisotopic (exact) mass is 429 g/mol. The number of hydrogen-bond donors (Lipinski definition) is 0. The molecule has 0 fully saturated rings. The highest BCUT2D eigenvalue weighted by atomic mass is 127. The van der Waals surface area contributed by atoms with E-state index in [2.05, 4.69) is 11.9 Å². The third-order valence-electron chi connectivity index (χ3n) is 2.80. The van der Waals surface area contributed by atoms with Crippen LogP contribution in [0.2, 0.25) is 10.0 Å². The van der Waals surface area contributed by atoms with Crippen LogP contribution in [0.3, 0.4) is 0 Å². The highest BCUT2D eigenvalue weighted by molar-refractivity contribution is 14.0. The van der Waals surface area contributed by atoms with E-state index < -0.39 is 0 Å². The van der Waals surface area contributed by atoms with Crippen LogP contribution in [0, 0.1) is 0 Å². The second-order valence-corrected chi connectivity index (χ2v) is 5.78. The maximum Gasteiger partial charge on any atom is 0.195 e. The summed E-state index contributed by atoms with van der Waals surface area (Å²) in [6.45, 7) is 2.73. The first-order chi connectivity index (χ1) is 8.84. The van der Waals surface area contributed by atoms with Crippen molar-refractivity contribution < 1.29 is 0 Å². The SMILES string of the molecule is CC(CN=C(N(C)C)N(C)C)c1c(Cl)cccc1Cl.I. The average Bonchev–Trinajstić information content (AvgIpc) is 2.27. The molecule has 20 heavy (non-hydrogen) atoms. The Morgan fingerprint density at radius 3 is 1.95 bits per heavy atom. The molecule has 1 rings (SSSR count). The molecule has 0 aliphatic heterocycles. The minimum Gasteiger partial charge on any atom is -0.349 e. The molecule has 0 saturated heterocycles. The molecule has 0 aliphatic carbocycles. The minimum absolute atomic E-state index is 0. The molecule has 0 amide bonds. The number of hydrogen-bond acceptors (Lipinski definition) is 1. The summed E-state index contributed by atoms with van der Waals surface area (Å²) in [6, 6.07) is 5.58. The van der Waals surface area contributed by atoms with Gasteiger partial charge in [0.2, 0.25) is 0 Å². The second kappa shape index (κ2) is 8.95. The number of rotatable bonds is 3. The fourth-order valence-corrected chi connectivity index (χ4v) is 2.74. The van der Waals surface area contributed by atoms with Gasteiger partial charge in [0.15, 0.2) is 5.96 Å². The second-order valence-electron chi connectivity index (χ2n) is 4.97. The lowest BCUT2D eigenvalue weighted by Gasteiger charge is -2.23. The number of guanidine groups is 1. The van der Waals surface area contributed by atoms with E-state index >= 15 is 0 Å². The Labute approximate surface area is 149 Å². The van der Waals surface area contributed by atoms with Gasteiger partial charge in [-0.1, -0.05) is 36.2 Å². The lowest BCUT2D eigenvalue weighted by molar-refractivity contribution is 0.478. The van der Waals surface area contributed by atoms with Gasteiger partial charge >= 0.3 is 0 Å². The zero-order valence-corrected chi connectivity index (χ0v) is 16.4. The smallest absolute Gasteiger partial charge is 0.195 e. The molecule has 0 bridgehead atoms. The van der Waals surface area contributed by atoms with Gasteiger partial charge in [0, 0.05) is 50.7 Å². The van der Waals surface area contributed by atoms with Gasteiger partial charge in [-0.25, -0.2) is 0 Å². The summed E-state index contributed by atoms with van der Waals surface area (Å²) < 4.78 is 0. The normalized spacial score (nSPS) is 11.3. The zero-order chi connectivity index (χ0) is 14.6. The van der Waals surface area contributed by atoms with Gasteiger partial charge in [-0.3, -0.25) is 4.99 Å². The molecule has 1 aromatic rings. The van der Waals surface area contributed by atoms with Crippen LogP contribution in [0.4, 0.5) is 0 Å². The molecule has 0 saturated carbocycles. The van der Waals surface area contributed by atoms with Gasteiger partial charge in [-0.2, -0.15) is 0 Å². The third-order valence-corrected chi connectivity index (χ3v) is 3.46. The van der Waals surface area contributed by atoms with Gasteiger partial charge < -0.3 is 9.80 Å². The Kier molecular flexibility index (Phi) is 8.86. The van der Waals surface area contributed by atoms with Crippen LogP contribution in [0.15, 0.2) is 23.2 Å². The maximum absolute atomic E-state index is 6.21. The first kappa shape index (κ1) is 19.8. The summed E-state index contributed by atoms with van der Waals surface area (Å²) in [5, 5.41) is 1.40. The van der Waals surface area contributed by atoms with Crippen LogP contribution in [-0.2, 0) is 0 Å². The highest BCUT2D eigenvalue weighted by Crippen LogP contribution is 2.31. The van der Waals surface area contributed by atoms with Gasteiger partial charge in [0.1, 0.15) is 0 Å². The van der Waals surface area contributed by atoms with Crippen molar-refractivity contribution in [2.45, 2.75) is 12.8 Å². The first-order valence-electron chi connectivity index (χ1n) is 6.17. The molecule has 0 aliphatic rings. The van der Waals surface area contributed by atoms with Crippen LogP contribution in [0.5, 0.6) is 0 Å². The summed E-state index contributed by atoms with van der Waals surface area (Å²) in [7, 11) is 7.91. The van der Waals surface area contributed by atoms with Crippen molar-refractivity contribution in [3.8, 4) is 0 Å². The lowest BCUT2D eigenvalue weighted by Crippen LogP contribution is -2.35. The van der Waals surface area contributed by atoms with Crippen molar-refractivity contribution >= 4 is 53.1 Å². The quantitative estimate of drug-likeness (QED) is 0.407. The molecular weight excluding hydrogens is 408 g/mol. The zero-order valence-electron chi connectivity index (χ0n) is 12.5. The molecule has 0 spiro atoms. The summed E-state index contributed by atoms with van der Waals surface area (Å²) in [5.74, 6) is 1.10. The molecule has 0 N–H and O–H groups in total. The summed E-state index contributed by atoms with van der Waals surface area (Å²) in [5.41, 5.74) is 0.964. The van der Waals surface area contributed by atoms with Crippen LogP contribution < -0.4 is 0 Å². The molecule has 0 aromatic heterocycles. The molecule has 0 radical (unpaired) electrons. The fraction of sp³-hybridized carbons (Fsp3) is 0.500. The molecule has 1 atom stereocenters. The molecular formula is C14H22Cl2IN3. The van der Waals surface area contributed by atoms with Gasteiger partial charge in [-0.15, -0.1) is 24.0 Å². The van der Waals surface area contributed by atoms with E-state index in [9.17, 15) is 0 Å². The first-order valence-corrected chi connectivity index (χ1v) is 6.93. The van der Waals surface area contributed by atoms with Crippen LogP contribution in [0.25, 0.3) is 0 Å². The Hall–Kier alpha value is -0.200. The van der Waals surface area contributed by atoms with E-state index in [1.54, 1.807) is 0 Å². The number of aliphatic imine (C=N–C) groups is 1. The van der Waals surface area contributed by atoms with Gasteiger partial charge in [0.25, 0.3) is 0 Å². The standard InChI is InChI=1S/C14H21Cl2N3.HI/c1-10(9-17-14(18(2)3)19(4)5)13-11(15)7-6-8-12(13)16;/h6-8,10H,9H2,1-5H3;1H. The predicted octanol–water partition coefficient (Wildman–Crippen LogP) is 4.19. The minimum atomic E-state index is 0. The average molecular weight is 430 g/mol. The molecule has 0 heterocycles. The number of benzene rings is 1. The van der Waals surface area contributed by atoms with Gasteiger partial charge in [-0.05, 0) is 17.7 Å². The third kappa shape index (κ3) is 5.30. The summed E-state index contributed by atoms with van der Waals surface area (Å²) >= 11 is 12.4. The van der Waals surface area contributed by atoms with E-state index in [1.807, 2.05) is 56.2 Å².